The quantitative estimate of drug-likeness (QED) is 0.595. The van der Waals surface area contributed by atoms with Crippen LogP contribution in [0.25, 0.3) is 0 Å². The molecule has 0 aromatic heterocycles. The Morgan fingerprint density at radius 1 is 1.16 bits per heavy atom. The van der Waals surface area contributed by atoms with Crippen LogP contribution in [-0.2, 0) is 25.5 Å². The van der Waals surface area contributed by atoms with Gasteiger partial charge in [-0.1, -0.05) is 12.1 Å². The summed E-state index contributed by atoms with van der Waals surface area (Å²) >= 11 is 0. The molecule has 1 aliphatic rings. The minimum atomic E-state index is -1.20. The molecule has 0 amide bonds. The first-order valence-electron chi connectivity index (χ1n) is 5.86. The number of cyclic esters (lactones) is 2. The Kier molecular flexibility index (Phi) is 3.26. The van der Waals surface area contributed by atoms with Crippen LogP contribution in [0.15, 0.2) is 24.3 Å². The Bertz CT molecular complexity index is 534. The van der Waals surface area contributed by atoms with Crippen molar-refractivity contribution in [3.05, 3.63) is 35.4 Å². The highest BCUT2D eigenvalue weighted by Gasteiger charge is 2.42. The van der Waals surface area contributed by atoms with E-state index < -0.39 is 23.6 Å². The Balaban J connectivity index is 2.12. The molecule has 0 spiro atoms. The molecule has 0 atom stereocenters. The minimum Gasteiger partial charge on any atom is -0.422 e. The van der Waals surface area contributed by atoms with Crippen molar-refractivity contribution >= 4 is 11.9 Å². The molecule has 1 aliphatic heterocycles. The number of nitriles is 1. The van der Waals surface area contributed by atoms with Gasteiger partial charge in [0.25, 0.3) is 5.79 Å². The lowest BCUT2D eigenvalue weighted by atomic mass is 9.97. The third-order valence-corrected chi connectivity index (χ3v) is 2.78. The molecule has 1 aromatic rings. The molecule has 1 saturated heterocycles. The fourth-order valence-corrected chi connectivity index (χ4v) is 1.86. The van der Waals surface area contributed by atoms with E-state index in [0.29, 0.717) is 5.56 Å². The summed E-state index contributed by atoms with van der Waals surface area (Å²) in [6.07, 6.45) is 0.208. The predicted molar refractivity (Wildman–Crippen MR) is 64.6 cm³/mol. The van der Waals surface area contributed by atoms with Crippen LogP contribution in [-0.4, -0.2) is 17.7 Å². The average Bonchev–Trinajstić information content (AvgIpc) is 2.33. The summed E-state index contributed by atoms with van der Waals surface area (Å²) in [5.41, 5.74) is 1.30. The fraction of sp³-hybridized carbons (Fsp3) is 0.357. The number of esters is 2. The zero-order chi connectivity index (χ0) is 14.0. The maximum Gasteiger partial charge on any atom is 0.323 e. The monoisotopic (exact) mass is 259 g/mol. The van der Waals surface area contributed by atoms with Gasteiger partial charge in [-0.3, -0.25) is 9.59 Å². The molecule has 5 nitrogen and oxygen atoms in total. The first-order valence-corrected chi connectivity index (χ1v) is 5.86. The summed E-state index contributed by atoms with van der Waals surface area (Å²) in [5, 5.41) is 8.69. The number of carbonyl (C=O) groups excluding carboxylic acids is 2. The minimum absolute atomic E-state index is 0.208. The van der Waals surface area contributed by atoms with Gasteiger partial charge in [-0.15, -0.1) is 0 Å². The predicted octanol–water partition coefficient (Wildman–Crippen LogP) is 1.55. The molecule has 0 radical (unpaired) electrons. The molecular formula is C14H13NO4. The molecular weight excluding hydrogens is 246 g/mol. The van der Waals surface area contributed by atoms with E-state index in [-0.39, 0.29) is 6.42 Å². The van der Waals surface area contributed by atoms with E-state index in [1.54, 1.807) is 24.3 Å². The van der Waals surface area contributed by atoms with Gasteiger partial charge in [0.2, 0.25) is 0 Å². The summed E-state index contributed by atoms with van der Waals surface area (Å²) in [4.78, 5) is 23.5. The van der Waals surface area contributed by atoms with E-state index in [2.05, 4.69) is 0 Å². The standard InChI is InChI=1S/C14H13NO4/c1-14(2)18-12(16)11(13(17)19-14)7-9-3-5-10(8-15)6-4-9/h3-6,11H,7H2,1-2H3. The van der Waals surface area contributed by atoms with Crippen LogP contribution in [0.1, 0.15) is 25.0 Å². The van der Waals surface area contributed by atoms with Crippen molar-refractivity contribution < 1.29 is 19.1 Å². The van der Waals surface area contributed by atoms with Crippen molar-refractivity contribution in [2.45, 2.75) is 26.1 Å². The number of ether oxygens (including phenoxy) is 2. The maximum atomic E-state index is 11.8. The Morgan fingerprint density at radius 2 is 1.68 bits per heavy atom. The Morgan fingerprint density at radius 3 is 2.16 bits per heavy atom. The second-order valence-electron chi connectivity index (χ2n) is 4.81. The summed E-state index contributed by atoms with van der Waals surface area (Å²) in [6, 6.07) is 8.69. The van der Waals surface area contributed by atoms with Crippen molar-refractivity contribution in [3.63, 3.8) is 0 Å². The van der Waals surface area contributed by atoms with Crippen molar-refractivity contribution in [3.8, 4) is 6.07 Å². The fourth-order valence-electron chi connectivity index (χ4n) is 1.86. The normalized spacial score (nSPS) is 18.4. The van der Waals surface area contributed by atoms with E-state index >= 15 is 0 Å². The first-order chi connectivity index (χ1) is 8.91. The van der Waals surface area contributed by atoms with Crippen LogP contribution < -0.4 is 0 Å². The van der Waals surface area contributed by atoms with Gasteiger partial charge in [0, 0.05) is 13.8 Å². The van der Waals surface area contributed by atoms with Crippen molar-refractivity contribution in [1.29, 1.82) is 5.26 Å². The molecule has 2 rings (SSSR count). The van der Waals surface area contributed by atoms with Gasteiger partial charge in [-0.2, -0.15) is 5.26 Å². The number of hydrogen-bond donors (Lipinski definition) is 0. The number of hydrogen-bond acceptors (Lipinski definition) is 5. The second kappa shape index (κ2) is 4.73. The third kappa shape index (κ3) is 2.91. The third-order valence-electron chi connectivity index (χ3n) is 2.78. The summed E-state index contributed by atoms with van der Waals surface area (Å²) in [7, 11) is 0. The molecule has 98 valence electrons. The van der Waals surface area contributed by atoms with Crippen LogP contribution in [0.4, 0.5) is 0 Å². The van der Waals surface area contributed by atoms with Gasteiger partial charge in [0.1, 0.15) is 0 Å². The van der Waals surface area contributed by atoms with E-state index in [0.717, 1.165) is 5.56 Å². The van der Waals surface area contributed by atoms with Crippen LogP contribution in [0.3, 0.4) is 0 Å². The van der Waals surface area contributed by atoms with Gasteiger partial charge in [-0.05, 0) is 24.1 Å². The lowest BCUT2D eigenvalue weighted by molar-refractivity contribution is -0.239. The second-order valence-corrected chi connectivity index (χ2v) is 4.81. The highest BCUT2D eigenvalue weighted by molar-refractivity contribution is 5.96. The molecule has 0 saturated carbocycles. The number of nitrogens with zero attached hydrogens (tertiary/aromatic N) is 1. The zero-order valence-corrected chi connectivity index (χ0v) is 10.7. The van der Waals surface area contributed by atoms with Crippen LogP contribution >= 0.6 is 0 Å². The van der Waals surface area contributed by atoms with Crippen LogP contribution in [0, 0.1) is 17.2 Å². The number of rotatable bonds is 2. The largest absolute Gasteiger partial charge is 0.422 e. The molecule has 1 aromatic carbocycles. The van der Waals surface area contributed by atoms with E-state index in [1.807, 2.05) is 6.07 Å². The highest BCUT2D eigenvalue weighted by atomic mass is 16.7. The van der Waals surface area contributed by atoms with Gasteiger partial charge in [-0.25, -0.2) is 0 Å². The Hall–Kier alpha value is -2.35. The molecule has 0 bridgehead atoms. The van der Waals surface area contributed by atoms with E-state index in [4.69, 9.17) is 14.7 Å². The van der Waals surface area contributed by atoms with Gasteiger partial charge >= 0.3 is 11.9 Å². The topological polar surface area (TPSA) is 76.4 Å². The van der Waals surface area contributed by atoms with Crippen molar-refractivity contribution in [2.24, 2.45) is 5.92 Å². The lowest BCUT2D eigenvalue weighted by Gasteiger charge is -2.32. The van der Waals surface area contributed by atoms with E-state index in [9.17, 15) is 9.59 Å². The molecule has 0 N–H and O–H groups in total. The first kappa shape index (κ1) is 13.1. The maximum absolute atomic E-state index is 11.8. The molecule has 1 fully saturated rings. The highest BCUT2D eigenvalue weighted by Crippen LogP contribution is 2.25. The summed E-state index contributed by atoms with van der Waals surface area (Å²) in [6.45, 7) is 3.03. The SMILES string of the molecule is CC1(C)OC(=O)C(Cc2ccc(C#N)cc2)C(=O)O1. The Labute approximate surface area is 110 Å². The van der Waals surface area contributed by atoms with Gasteiger partial charge in [0.05, 0.1) is 11.6 Å². The molecule has 1 heterocycles. The van der Waals surface area contributed by atoms with E-state index in [1.165, 1.54) is 13.8 Å². The van der Waals surface area contributed by atoms with Crippen LogP contribution in [0.2, 0.25) is 0 Å². The average molecular weight is 259 g/mol. The van der Waals surface area contributed by atoms with Crippen molar-refractivity contribution in [1.82, 2.24) is 0 Å². The summed E-state index contributed by atoms with van der Waals surface area (Å²) < 4.78 is 10.1. The molecule has 0 aliphatic carbocycles. The summed E-state index contributed by atoms with van der Waals surface area (Å²) in [5.74, 6) is -3.30. The molecule has 19 heavy (non-hydrogen) atoms. The lowest BCUT2D eigenvalue weighted by Crippen LogP contribution is -2.46. The van der Waals surface area contributed by atoms with Gasteiger partial charge < -0.3 is 9.47 Å². The van der Waals surface area contributed by atoms with Gasteiger partial charge in [0.15, 0.2) is 5.92 Å². The molecule has 5 heteroatoms. The number of benzene rings is 1. The smallest absolute Gasteiger partial charge is 0.323 e. The van der Waals surface area contributed by atoms with Crippen LogP contribution in [0.5, 0.6) is 0 Å². The molecule has 0 unspecified atom stereocenters. The van der Waals surface area contributed by atoms with Crippen molar-refractivity contribution in [2.75, 3.05) is 0 Å². The zero-order valence-electron chi connectivity index (χ0n) is 10.7. The number of carbonyl (C=O) groups is 2.